The van der Waals surface area contributed by atoms with E-state index in [-0.39, 0.29) is 11.5 Å². The Bertz CT molecular complexity index is 582. The normalized spacial score (nSPS) is 9.78. The number of nitrogens with zero attached hydrogens (tertiary/aromatic N) is 1. The van der Waals surface area contributed by atoms with Gasteiger partial charge in [-0.15, -0.1) is 0 Å². The summed E-state index contributed by atoms with van der Waals surface area (Å²) in [6.07, 6.45) is 2.83. The second-order valence-corrected chi connectivity index (χ2v) is 3.61. The highest BCUT2D eigenvalue weighted by Gasteiger charge is 2.11. The molecule has 1 aromatic heterocycles. The predicted octanol–water partition coefficient (Wildman–Crippen LogP) is 1.43. The Morgan fingerprint density at radius 2 is 1.83 bits per heavy atom. The zero-order chi connectivity index (χ0) is 13.0. The second kappa shape index (κ2) is 5.09. The molecule has 2 amide bonds. The van der Waals surface area contributed by atoms with Gasteiger partial charge >= 0.3 is 0 Å². The first kappa shape index (κ1) is 11.8. The zero-order valence-corrected chi connectivity index (χ0v) is 9.46. The highest BCUT2D eigenvalue weighted by Crippen LogP contribution is 2.14. The van der Waals surface area contributed by atoms with Crippen molar-refractivity contribution in [3.05, 3.63) is 59.9 Å². The number of pyridine rings is 1. The van der Waals surface area contributed by atoms with Gasteiger partial charge in [0.1, 0.15) is 0 Å². The van der Waals surface area contributed by atoms with E-state index in [0.29, 0.717) is 11.3 Å². The van der Waals surface area contributed by atoms with Gasteiger partial charge in [-0.05, 0) is 18.2 Å². The third-order valence-corrected chi connectivity index (χ3v) is 2.37. The molecule has 0 spiro atoms. The standard InChI is InChI=1S/C13H11N3O2/c14-12(17)10-6-7-15-8-11(10)16-13(18)9-4-2-1-3-5-9/h1-8H,(H2,14,17)(H,16,18). The van der Waals surface area contributed by atoms with Gasteiger partial charge in [0.05, 0.1) is 17.4 Å². The summed E-state index contributed by atoms with van der Waals surface area (Å²) in [4.78, 5) is 26.9. The predicted molar refractivity (Wildman–Crippen MR) is 67.2 cm³/mol. The molecule has 0 aliphatic heterocycles. The summed E-state index contributed by atoms with van der Waals surface area (Å²) in [6.45, 7) is 0. The molecule has 0 bridgehead atoms. The summed E-state index contributed by atoms with van der Waals surface area (Å²) in [5.74, 6) is -0.924. The van der Waals surface area contributed by atoms with Crippen LogP contribution in [0.25, 0.3) is 0 Å². The van der Waals surface area contributed by atoms with E-state index in [1.54, 1.807) is 24.3 Å². The van der Waals surface area contributed by atoms with Crippen LogP contribution in [-0.4, -0.2) is 16.8 Å². The largest absolute Gasteiger partial charge is 0.366 e. The van der Waals surface area contributed by atoms with Crippen LogP contribution in [-0.2, 0) is 0 Å². The van der Waals surface area contributed by atoms with Crippen LogP contribution in [0.4, 0.5) is 5.69 Å². The molecule has 0 aliphatic rings. The minimum absolute atomic E-state index is 0.231. The van der Waals surface area contributed by atoms with Crippen molar-refractivity contribution in [2.24, 2.45) is 5.73 Å². The lowest BCUT2D eigenvalue weighted by atomic mass is 10.2. The number of primary amides is 1. The minimum Gasteiger partial charge on any atom is -0.366 e. The Labute approximate surface area is 104 Å². The molecule has 1 heterocycles. The molecule has 90 valence electrons. The lowest BCUT2D eigenvalue weighted by molar-refractivity contribution is 0.100. The van der Waals surface area contributed by atoms with Crippen molar-refractivity contribution in [2.75, 3.05) is 5.32 Å². The van der Waals surface area contributed by atoms with Gasteiger partial charge in [0.2, 0.25) is 0 Å². The van der Waals surface area contributed by atoms with Crippen molar-refractivity contribution in [2.45, 2.75) is 0 Å². The fraction of sp³-hybridized carbons (Fsp3) is 0. The summed E-state index contributed by atoms with van der Waals surface area (Å²) >= 11 is 0. The smallest absolute Gasteiger partial charge is 0.255 e. The molecule has 0 saturated heterocycles. The molecule has 2 rings (SSSR count). The number of carbonyl (C=O) groups is 2. The molecule has 5 nitrogen and oxygen atoms in total. The van der Waals surface area contributed by atoms with Crippen molar-refractivity contribution in [3.8, 4) is 0 Å². The monoisotopic (exact) mass is 241 g/mol. The fourth-order valence-electron chi connectivity index (χ4n) is 1.49. The molecule has 5 heteroatoms. The van der Waals surface area contributed by atoms with E-state index in [4.69, 9.17) is 5.73 Å². The highest BCUT2D eigenvalue weighted by molar-refractivity contribution is 6.08. The lowest BCUT2D eigenvalue weighted by Gasteiger charge is -2.07. The molecule has 0 unspecified atom stereocenters. The van der Waals surface area contributed by atoms with E-state index in [9.17, 15) is 9.59 Å². The SMILES string of the molecule is NC(=O)c1ccncc1NC(=O)c1ccccc1. The highest BCUT2D eigenvalue weighted by atomic mass is 16.2. The number of amides is 2. The number of nitrogens with two attached hydrogens (primary N) is 1. The molecule has 0 aliphatic carbocycles. The van der Waals surface area contributed by atoms with Crippen LogP contribution in [0.5, 0.6) is 0 Å². The van der Waals surface area contributed by atoms with Gasteiger partial charge in [0.15, 0.2) is 0 Å². The topological polar surface area (TPSA) is 85.1 Å². The number of aromatic nitrogens is 1. The van der Waals surface area contributed by atoms with Crippen molar-refractivity contribution >= 4 is 17.5 Å². The Kier molecular flexibility index (Phi) is 3.33. The van der Waals surface area contributed by atoms with E-state index in [1.165, 1.54) is 18.5 Å². The van der Waals surface area contributed by atoms with Crippen LogP contribution in [0.2, 0.25) is 0 Å². The Morgan fingerprint density at radius 1 is 1.11 bits per heavy atom. The molecular weight excluding hydrogens is 230 g/mol. The van der Waals surface area contributed by atoms with Gasteiger partial charge in [-0.25, -0.2) is 0 Å². The van der Waals surface area contributed by atoms with Crippen LogP contribution in [0, 0.1) is 0 Å². The molecule has 1 aromatic carbocycles. The third kappa shape index (κ3) is 2.52. The van der Waals surface area contributed by atoms with Gasteiger partial charge in [-0.1, -0.05) is 18.2 Å². The summed E-state index contributed by atoms with van der Waals surface area (Å²) in [5, 5.41) is 2.61. The van der Waals surface area contributed by atoms with Gasteiger partial charge in [0.25, 0.3) is 11.8 Å². The molecule has 3 N–H and O–H groups in total. The van der Waals surface area contributed by atoms with E-state index >= 15 is 0 Å². The summed E-state index contributed by atoms with van der Waals surface area (Å²) < 4.78 is 0. The number of benzene rings is 1. The van der Waals surface area contributed by atoms with Gasteiger partial charge in [0, 0.05) is 11.8 Å². The number of hydrogen-bond acceptors (Lipinski definition) is 3. The average molecular weight is 241 g/mol. The van der Waals surface area contributed by atoms with Gasteiger partial charge in [-0.3, -0.25) is 14.6 Å². The maximum atomic E-state index is 11.9. The molecule has 0 atom stereocenters. The van der Waals surface area contributed by atoms with E-state index in [1.807, 2.05) is 6.07 Å². The Morgan fingerprint density at radius 3 is 2.50 bits per heavy atom. The number of anilines is 1. The van der Waals surface area contributed by atoms with Crippen LogP contribution in [0.15, 0.2) is 48.8 Å². The van der Waals surface area contributed by atoms with Crippen LogP contribution in [0.1, 0.15) is 20.7 Å². The second-order valence-electron chi connectivity index (χ2n) is 3.61. The lowest BCUT2D eigenvalue weighted by Crippen LogP contribution is -2.18. The van der Waals surface area contributed by atoms with E-state index in [2.05, 4.69) is 10.3 Å². The first-order chi connectivity index (χ1) is 8.68. The van der Waals surface area contributed by atoms with Crippen molar-refractivity contribution < 1.29 is 9.59 Å². The van der Waals surface area contributed by atoms with Crippen LogP contribution in [0.3, 0.4) is 0 Å². The third-order valence-electron chi connectivity index (χ3n) is 2.37. The fourth-order valence-corrected chi connectivity index (χ4v) is 1.49. The number of rotatable bonds is 3. The number of nitrogens with one attached hydrogen (secondary N) is 1. The van der Waals surface area contributed by atoms with E-state index < -0.39 is 5.91 Å². The number of hydrogen-bond donors (Lipinski definition) is 2. The zero-order valence-electron chi connectivity index (χ0n) is 9.46. The quantitative estimate of drug-likeness (QED) is 0.852. The van der Waals surface area contributed by atoms with Crippen molar-refractivity contribution in [1.82, 2.24) is 4.98 Å². The minimum atomic E-state index is -0.610. The van der Waals surface area contributed by atoms with Gasteiger partial charge < -0.3 is 11.1 Å². The molecule has 2 aromatic rings. The van der Waals surface area contributed by atoms with Crippen LogP contribution < -0.4 is 11.1 Å². The van der Waals surface area contributed by atoms with Crippen molar-refractivity contribution in [1.29, 1.82) is 0 Å². The molecular formula is C13H11N3O2. The van der Waals surface area contributed by atoms with Gasteiger partial charge in [-0.2, -0.15) is 0 Å². The molecule has 0 saturated carbocycles. The Hall–Kier alpha value is -2.69. The summed E-state index contributed by atoms with van der Waals surface area (Å²) in [5.41, 5.74) is 6.24. The first-order valence-electron chi connectivity index (χ1n) is 5.28. The van der Waals surface area contributed by atoms with Crippen LogP contribution >= 0.6 is 0 Å². The van der Waals surface area contributed by atoms with Crippen molar-refractivity contribution in [3.63, 3.8) is 0 Å². The Balaban J connectivity index is 2.25. The molecule has 18 heavy (non-hydrogen) atoms. The maximum absolute atomic E-state index is 11.9. The maximum Gasteiger partial charge on any atom is 0.255 e. The summed E-state index contributed by atoms with van der Waals surface area (Å²) in [7, 11) is 0. The average Bonchev–Trinajstić information content (AvgIpc) is 2.40. The summed E-state index contributed by atoms with van der Waals surface area (Å²) in [6, 6.07) is 10.1. The molecule has 0 fully saturated rings. The number of carbonyl (C=O) groups excluding carboxylic acids is 2. The molecule has 0 radical (unpaired) electrons. The first-order valence-corrected chi connectivity index (χ1v) is 5.28. The van der Waals surface area contributed by atoms with E-state index in [0.717, 1.165) is 0 Å².